The van der Waals surface area contributed by atoms with Crippen LogP contribution in [0, 0.1) is 0 Å². The zero-order valence-corrected chi connectivity index (χ0v) is 8.94. The average molecular weight is 254 g/mol. The van der Waals surface area contributed by atoms with E-state index in [0.29, 0.717) is 5.56 Å². The van der Waals surface area contributed by atoms with E-state index < -0.39 is 17.9 Å². The molecule has 0 unspecified atom stereocenters. The fourth-order valence-electron chi connectivity index (χ4n) is 1.46. The number of nitrogens with one attached hydrogen (secondary N) is 2. The second kappa shape index (κ2) is 4.82. The van der Waals surface area contributed by atoms with Crippen molar-refractivity contribution in [3.8, 4) is 17.0 Å². The molecule has 0 radical (unpaired) electrons. The van der Waals surface area contributed by atoms with Gasteiger partial charge in [-0.3, -0.25) is 9.78 Å². The van der Waals surface area contributed by atoms with Crippen LogP contribution in [0.25, 0.3) is 11.3 Å². The van der Waals surface area contributed by atoms with Gasteiger partial charge in [-0.15, -0.1) is 0 Å². The van der Waals surface area contributed by atoms with Crippen LogP contribution in [-0.2, 0) is 0 Å². The zero-order chi connectivity index (χ0) is 13.1. The smallest absolute Gasteiger partial charge is 0.387 e. The number of halogens is 2. The normalized spacial score (nSPS) is 10.6. The Morgan fingerprint density at radius 1 is 1.11 bits per heavy atom. The maximum atomic E-state index is 12.0. The Balaban J connectivity index is 2.44. The molecular formula is C11H8F2N2O3. The standard InChI is InChI=1S/C11H8F2N2O3/c12-10(13)18-7-3-1-2-6(4-7)8-5-9(16)15-11(17)14-8/h1-5,10H,(H2,14,15,16,17). The predicted molar refractivity (Wildman–Crippen MR) is 59.8 cm³/mol. The summed E-state index contributed by atoms with van der Waals surface area (Å²) in [5.41, 5.74) is -0.619. The van der Waals surface area contributed by atoms with Gasteiger partial charge in [-0.25, -0.2) is 4.79 Å². The quantitative estimate of drug-likeness (QED) is 0.867. The van der Waals surface area contributed by atoms with Crippen LogP contribution >= 0.6 is 0 Å². The fraction of sp³-hybridized carbons (Fsp3) is 0.0909. The number of aromatic amines is 2. The van der Waals surface area contributed by atoms with E-state index in [0.717, 1.165) is 6.07 Å². The molecule has 94 valence electrons. The van der Waals surface area contributed by atoms with Crippen molar-refractivity contribution in [3.05, 3.63) is 51.2 Å². The van der Waals surface area contributed by atoms with E-state index >= 15 is 0 Å². The summed E-state index contributed by atoms with van der Waals surface area (Å²) in [5.74, 6) is -0.0522. The first kappa shape index (κ1) is 12.0. The highest BCUT2D eigenvalue weighted by molar-refractivity contribution is 5.60. The molecule has 2 rings (SSSR count). The Hall–Kier alpha value is -2.44. The molecule has 2 aromatic rings. The lowest BCUT2D eigenvalue weighted by atomic mass is 10.1. The Kier molecular flexibility index (Phi) is 3.22. The Morgan fingerprint density at radius 3 is 2.56 bits per heavy atom. The number of aromatic nitrogens is 2. The summed E-state index contributed by atoms with van der Waals surface area (Å²) in [6, 6.07) is 6.84. The first-order valence-electron chi connectivity index (χ1n) is 4.93. The number of H-pyrrole nitrogens is 2. The molecule has 5 nitrogen and oxygen atoms in total. The molecule has 0 spiro atoms. The van der Waals surface area contributed by atoms with Crippen molar-refractivity contribution in [2.75, 3.05) is 0 Å². The average Bonchev–Trinajstić information content (AvgIpc) is 2.27. The predicted octanol–water partition coefficient (Wildman–Crippen LogP) is 1.33. The maximum absolute atomic E-state index is 12.0. The van der Waals surface area contributed by atoms with Crippen LogP contribution < -0.4 is 16.0 Å². The minimum absolute atomic E-state index is 0.0522. The molecular weight excluding hydrogens is 246 g/mol. The molecule has 1 aromatic heterocycles. The Morgan fingerprint density at radius 2 is 1.89 bits per heavy atom. The van der Waals surface area contributed by atoms with Gasteiger partial charge in [0.1, 0.15) is 5.75 Å². The van der Waals surface area contributed by atoms with Crippen LogP contribution in [0.15, 0.2) is 39.9 Å². The largest absolute Gasteiger partial charge is 0.435 e. The summed E-state index contributed by atoms with van der Waals surface area (Å²) < 4.78 is 28.3. The molecule has 0 fully saturated rings. The van der Waals surface area contributed by atoms with E-state index in [9.17, 15) is 18.4 Å². The number of hydrogen-bond donors (Lipinski definition) is 2. The number of hydrogen-bond acceptors (Lipinski definition) is 3. The molecule has 0 bridgehead atoms. The van der Waals surface area contributed by atoms with Crippen LogP contribution in [0.3, 0.4) is 0 Å². The van der Waals surface area contributed by atoms with E-state index in [4.69, 9.17) is 0 Å². The SMILES string of the molecule is O=c1cc(-c2cccc(OC(F)F)c2)[nH]c(=O)[nH]1. The topological polar surface area (TPSA) is 75.0 Å². The van der Waals surface area contributed by atoms with Gasteiger partial charge in [-0.1, -0.05) is 12.1 Å². The molecule has 0 aliphatic carbocycles. The van der Waals surface area contributed by atoms with Crippen LogP contribution in [0.2, 0.25) is 0 Å². The van der Waals surface area contributed by atoms with E-state index in [2.05, 4.69) is 9.72 Å². The summed E-state index contributed by atoms with van der Waals surface area (Å²) in [6.07, 6.45) is 0. The van der Waals surface area contributed by atoms with Gasteiger partial charge in [-0.05, 0) is 12.1 Å². The fourth-order valence-corrected chi connectivity index (χ4v) is 1.46. The molecule has 1 aromatic carbocycles. The number of rotatable bonds is 3. The number of benzene rings is 1. The third-order valence-corrected chi connectivity index (χ3v) is 2.13. The second-order valence-electron chi connectivity index (χ2n) is 3.41. The van der Waals surface area contributed by atoms with Gasteiger partial charge in [0, 0.05) is 11.6 Å². The van der Waals surface area contributed by atoms with Crippen molar-refractivity contribution in [2.45, 2.75) is 6.61 Å². The Bertz CT molecular complexity index is 635. The van der Waals surface area contributed by atoms with E-state index in [-0.39, 0.29) is 11.4 Å². The maximum Gasteiger partial charge on any atom is 0.387 e. The van der Waals surface area contributed by atoms with Crippen LogP contribution in [0.1, 0.15) is 0 Å². The monoisotopic (exact) mass is 254 g/mol. The van der Waals surface area contributed by atoms with Gasteiger partial charge in [0.2, 0.25) is 0 Å². The van der Waals surface area contributed by atoms with Gasteiger partial charge in [0.05, 0.1) is 5.69 Å². The van der Waals surface area contributed by atoms with Crippen molar-refractivity contribution in [1.82, 2.24) is 9.97 Å². The summed E-state index contributed by atoms with van der Waals surface area (Å²) in [6.45, 7) is -2.93. The highest BCUT2D eigenvalue weighted by Gasteiger charge is 2.06. The second-order valence-corrected chi connectivity index (χ2v) is 3.41. The van der Waals surface area contributed by atoms with Gasteiger partial charge < -0.3 is 9.72 Å². The van der Waals surface area contributed by atoms with E-state index in [1.54, 1.807) is 6.07 Å². The lowest BCUT2D eigenvalue weighted by molar-refractivity contribution is -0.0498. The summed E-state index contributed by atoms with van der Waals surface area (Å²) in [4.78, 5) is 26.6. The molecule has 18 heavy (non-hydrogen) atoms. The molecule has 0 aliphatic heterocycles. The molecule has 2 N–H and O–H groups in total. The van der Waals surface area contributed by atoms with Crippen molar-refractivity contribution in [3.63, 3.8) is 0 Å². The molecule has 0 amide bonds. The molecule has 0 atom stereocenters. The molecule has 0 saturated heterocycles. The Labute approximate surface area is 99.1 Å². The van der Waals surface area contributed by atoms with Crippen LogP contribution in [0.5, 0.6) is 5.75 Å². The highest BCUT2D eigenvalue weighted by Crippen LogP contribution is 2.21. The minimum atomic E-state index is -2.93. The third-order valence-electron chi connectivity index (χ3n) is 2.13. The van der Waals surface area contributed by atoms with Gasteiger partial charge >= 0.3 is 12.3 Å². The lowest BCUT2D eigenvalue weighted by Crippen LogP contribution is -2.21. The first-order chi connectivity index (χ1) is 8.54. The van der Waals surface area contributed by atoms with Crippen molar-refractivity contribution < 1.29 is 13.5 Å². The van der Waals surface area contributed by atoms with E-state index in [1.807, 2.05) is 4.98 Å². The van der Waals surface area contributed by atoms with Crippen LogP contribution in [-0.4, -0.2) is 16.6 Å². The highest BCUT2D eigenvalue weighted by atomic mass is 19.3. The zero-order valence-electron chi connectivity index (χ0n) is 8.94. The summed E-state index contributed by atoms with van der Waals surface area (Å²) in [7, 11) is 0. The molecule has 1 heterocycles. The van der Waals surface area contributed by atoms with Gasteiger partial charge in [-0.2, -0.15) is 8.78 Å². The van der Waals surface area contributed by atoms with Gasteiger partial charge in [0.15, 0.2) is 0 Å². The van der Waals surface area contributed by atoms with E-state index in [1.165, 1.54) is 18.2 Å². The molecule has 0 aliphatic rings. The van der Waals surface area contributed by atoms with Gasteiger partial charge in [0.25, 0.3) is 5.56 Å². The van der Waals surface area contributed by atoms with Crippen molar-refractivity contribution in [1.29, 1.82) is 0 Å². The number of ether oxygens (including phenoxy) is 1. The minimum Gasteiger partial charge on any atom is -0.435 e. The summed E-state index contributed by atoms with van der Waals surface area (Å²) in [5, 5.41) is 0. The summed E-state index contributed by atoms with van der Waals surface area (Å²) >= 11 is 0. The van der Waals surface area contributed by atoms with Crippen LogP contribution in [0.4, 0.5) is 8.78 Å². The number of alkyl halides is 2. The lowest BCUT2D eigenvalue weighted by Gasteiger charge is -2.06. The molecule has 0 saturated carbocycles. The first-order valence-corrected chi connectivity index (χ1v) is 4.93. The van der Waals surface area contributed by atoms with Crippen molar-refractivity contribution >= 4 is 0 Å². The van der Waals surface area contributed by atoms with Crippen molar-refractivity contribution in [2.24, 2.45) is 0 Å². The third kappa shape index (κ3) is 2.82. The molecule has 7 heteroatoms.